The number of hydrogen-bond acceptors (Lipinski definition) is 2. The molecule has 0 aromatic heterocycles. The summed E-state index contributed by atoms with van der Waals surface area (Å²) in [5.74, 6) is -3.00. The number of carbonyl (C=O) groups excluding carboxylic acids is 1. The van der Waals surface area contributed by atoms with Gasteiger partial charge in [0.2, 0.25) is 5.92 Å². The molecule has 2 rings (SSSR count). The summed E-state index contributed by atoms with van der Waals surface area (Å²) < 4.78 is 30.6. The SMILES string of the molecule is Cc1ccc2c(c1)C(=O)OC2CCCC(C)(F)F. The van der Waals surface area contributed by atoms with Crippen LogP contribution < -0.4 is 0 Å². The summed E-state index contributed by atoms with van der Waals surface area (Å²) in [5.41, 5.74) is 2.39. The third-order valence-corrected chi connectivity index (χ3v) is 3.11. The van der Waals surface area contributed by atoms with E-state index in [9.17, 15) is 13.6 Å². The topological polar surface area (TPSA) is 26.3 Å². The van der Waals surface area contributed by atoms with Crippen molar-refractivity contribution in [2.24, 2.45) is 0 Å². The molecule has 1 aromatic carbocycles. The van der Waals surface area contributed by atoms with Crippen molar-refractivity contribution in [3.05, 3.63) is 34.9 Å². The molecule has 1 heterocycles. The van der Waals surface area contributed by atoms with Crippen molar-refractivity contribution in [2.75, 3.05) is 0 Å². The second kappa shape index (κ2) is 4.67. The van der Waals surface area contributed by atoms with Gasteiger partial charge in [0.15, 0.2) is 0 Å². The number of fused-ring (bicyclic) bond motifs is 1. The van der Waals surface area contributed by atoms with Crippen molar-refractivity contribution in [3.8, 4) is 0 Å². The van der Waals surface area contributed by atoms with Gasteiger partial charge in [-0.05, 0) is 32.8 Å². The molecule has 0 spiro atoms. The first-order valence-electron chi connectivity index (χ1n) is 6.06. The number of esters is 1. The van der Waals surface area contributed by atoms with Crippen LogP contribution in [0.15, 0.2) is 18.2 Å². The quantitative estimate of drug-likeness (QED) is 0.758. The molecular weight excluding hydrogens is 238 g/mol. The van der Waals surface area contributed by atoms with Gasteiger partial charge in [-0.25, -0.2) is 13.6 Å². The lowest BCUT2D eigenvalue weighted by Gasteiger charge is -2.13. The molecule has 0 aliphatic carbocycles. The van der Waals surface area contributed by atoms with Crippen LogP contribution in [-0.4, -0.2) is 11.9 Å². The fourth-order valence-electron chi connectivity index (χ4n) is 2.20. The molecule has 1 aliphatic heterocycles. The highest BCUT2D eigenvalue weighted by atomic mass is 19.3. The molecule has 0 radical (unpaired) electrons. The number of benzene rings is 1. The Morgan fingerprint density at radius 2 is 2.11 bits per heavy atom. The minimum atomic E-state index is -2.65. The van der Waals surface area contributed by atoms with Gasteiger partial charge in [-0.15, -0.1) is 0 Å². The van der Waals surface area contributed by atoms with E-state index in [1.807, 2.05) is 19.1 Å². The van der Waals surface area contributed by atoms with Crippen LogP contribution in [0.3, 0.4) is 0 Å². The number of carbonyl (C=O) groups is 1. The highest BCUT2D eigenvalue weighted by Crippen LogP contribution is 2.35. The zero-order valence-corrected chi connectivity index (χ0v) is 10.5. The number of aryl methyl sites for hydroxylation is 1. The third-order valence-electron chi connectivity index (χ3n) is 3.11. The van der Waals surface area contributed by atoms with Crippen LogP contribution in [0, 0.1) is 6.92 Å². The van der Waals surface area contributed by atoms with E-state index < -0.39 is 5.92 Å². The first-order valence-corrected chi connectivity index (χ1v) is 6.06. The minimum Gasteiger partial charge on any atom is -0.454 e. The van der Waals surface area contributed by atoms with Gasteiger partial charge in [-0.3, -0.25) is 0 Å². The fourth-order valence-corrected chi connectivity index (χ4v) is 2.20. The van der Waals surface area contributed by atoms with Crippen molar-refractivity contribution < 1.29 is 18.3 Å². The molecule has 0 saturated carbocycles. The maximum absolute atomic E-state index is 12.7. The van der Waals surface area contributed by atoms with Crippen LogP contribution in [0.1, 0.15) is 53.8 Å². The number of rotatable bonds is 4. The van der Waals surface area contributed by atoms with E-state index in [2.05, 4.69) is 0 Å². The van der Waals surface area contributed by atoms with E-state index >= 15 is 0 Å². The Morgan fingerprint density at radius 3 is 2.78 bits per heavy atom. The van der Waals surface area contributed by atoms with Gasteiger partial charge in [0.05, 0.1) is 5.56 Å². The molecule has 18 heavy (non-hydrogen) atoms. The van der Waals surface area contributed by atoms with E-state index in [1.54, 1.807) is 6.07 Å². The lowest BCUT2D eigenvalue weighted by atomic mass is 9.99. The predicted molar refractivity (Wildman–Crippen MR) is 63.8 cm³/mol. The predicted octanol–water partition coefficient (Wildman–Crippen LogP) is 4.03. The Labute approximate surface area is 105 Å². The van der Waals surface area contributed by atoms with Gasteiger partial charge in [-0.2, -0.15) is 0 Å². The lowest BCUT2D eigenvalue weighted by Crippen LogP contribution is -2.10. The van der Waals surface area contributed by atoms with Gasteiger partial charge >= 0.3 is 5.97 Å². The molecule has 0 N–H and O–H groups in total. The highest BCUT2D eigenvalue weighted by molar-refractivity contribution is 5.94. The van der Waals surface area contributed by atoms with Crippen molar-refractivity contribution in [1.82, 2.24) is 0 Å². The number of hydrogen-bond donors (Lipinski definition) is 0. The van der Waals surface area contributed by atoms with Crippen molar-refractivity contribution >= 4 is 5.97 Å². The van der Waals surface area contributed by atoms with Gasteiger partial charge in [0.25, 0.3) is 0 Å². The van der Waals surface area contributed by atoms with Crippen LogP contribution in [0.5, 0.6) is 0 Å². The molecular formula is C14H16F2O2. The monoisotopic (exact) mass is 254 g/mol. The average Bonchev–Trinajstić information content (AvgIpc) is 2.54. The Morgan fingerprint density at radius 1 is 1.39 bits per heavy atom. The maximum atomic E-state index is 12.7. The van der Waals surface area contributed by atoms with Crippen LogP contribution >= 0.6 is 0 Å². The standard InChI is InChI=1S/C14H16F2O2/c1-9-5-6-10-11(8-9)13(17)18-12(10)4-3-7-14(2,15)16/h5-6,8,12H,3-4,7H2,1-2H3. The Bertz CT molecular complexity index is 463. The molecule has 0 fully saturated rings. The Balaban J connectivity index is 2.04. The van der Waals surface area contributed by atoms with Crippen LogP contribution in [0.25, 0.3) is 0 Å². The summed E-state index contributed by atoms with van der Waals surface area (Å²) >= 11 is 0. The third kappa shape index (κ3) is 2.86. The van der Waals surface area contributed by atoms with E-state index in [0.29, 0.717) is 18.4 Å². The molecule has 0 saturated heterocycles. The molecule has 1 unspecified atom stereocenters. The molecule has 0 bridgehead atoms. The number of ether oxygens (including phenoxy) is 1. The normalized spacial score (nSPS) is 18.7. The Hall–Kier alpha value is -1.45. The van der Waals surface area contributed by atoms with Crippen LogP contribution in [-0.2, 0) is 4.74 Å². The van der Waals surface area contributed by atoms with E-state index in [1.165, 1.54) is 0 Å². The molecule has 1 aliphatic rings. The summed E-state index contributed by atoms with van der Waals surface area (Å²) in [6.07, 6.45) is 0.248. The van der Waals surface area contributed by atoms with Crippen molar-refractivity contribution in [3.63, 3.8) is 0 Å². The summed E-state index contributed by atoms with van der Waals surface area (Å²) in [6, 6.07) is 5.54. The summed E-state index contributed by atoms with van der Waals surface area (Å²) in [6.45, 7) is 2.81. The minimum absolute atomic E-state index is 0.178. The lowest BCUT2D eigenvalue weighted by molar-refractivity contribution is 0.00473. The zero-order valence-electron chi connectivity index (χ0n) is 10.5. The number of cyclic esters (lactones) is 1. The smallest absolute Gasteiger partial charge is 0.339 e. The fraction of sp³-hybridized carbons (Fsp3) is 0.500. The van der Waals surface area contributed by atoms with Gasteiger partial charge in [0, 0.05) is 12.0 Å². The van der Waals surface area contributed by atoms with Crippen LogP contribution in [0.4, 0.5) is 8.78 Å². The second-order valence-electron chi connectivity index (χ2n) is 4.95. The summed E-state index contributed by atoms with van der Waals surface area (Å²) in [5, 5.41) is 0. The second-order valence-corrected chi connectivity index (χ2v) is 4.95. The van der Waals surface area contributed by atoms with Crippen molar-refractivity contribution in [1.29, 1.82) is 0 Å². The molecule has 98 valence electrons. The van der Waals surface area contributed by atoms with Gasteiger partial charge in [0.1, 0.15) is 6.10 Å². The number of alkyl halides is 2. The zero-order chi connectivity index (χ0) is 13.3. The van der Waals surface area contributed by atoms with Gasteiger partial charge < -0.3 is 4.74 Å². The largest absolute Gasteiger partial charge is 0.454 e. The first-order chi connectivity index (χ1) is 8.37. The molecule has 1 atom stereocenters. The molecule has 0 amide bonds. The van der Waals surface area contributed by atoms with E-state index in [-0.39, 0.29) is 18.5 Å². The first kappa shape index (κ1) is 13.0. The number of halogens is 2. The molecule has 4 heteroatoms. The molecule has 2 nitrogen and oxygen atoms in total. The van der Waals surface area contributed by atoms with E-state index in [0.717, 1.165) is 18.1 Å². The summed E-state index contributed by atoms with van der Waals surface area (Å²) in [7, 11) is 0. The van der Waals surface area contributed by atoms with E-state index in [4.69, 9.17) is 4.74 Å². The highest BCUT2D eigenvalue weighted by Gasteiger charge is 2.31. The molecule has 1 aromatic rings. The average molecular weight is 254 g/mol. The van der Waals surface area contributed by atoms with Crippen LogP contribution in [0.2, 0.25) is 0 Å². The maximum Gasteiger partial charge on any atom is 0.339 e. The van der Waals surface area contributed by atoms with Gasteiger partial charge in [-0.1, -0.05) is 17.7 Å². The summed E-state index contributed by atoms with van der Waals surface area (Å²) in [4.78, 5) is 11.6. The van der Waals surface area contributed by atoms with Crippen molar-refractivity contribution in [2.45, 2.75) is 45.1 Å². The Kier molecular flexibility index (Phi) is 3.37.